The Bertz CT molecular complexity index is 314. The van der Waals surface area contributed by atoms with Crippen LogP contribution in [0, 0.1) is 5.41 Å². The zero-order chi connectivity index (χ0) is 9.64. The molecule has 0 saturated heterocycles. The Morgan fingerprint density at radius 1 is 1.38 bits per heavy atom. The van der Waals surface area contributed by atoms with Gasteiger partial charge in [0, 0.05) is 11.8 Å². The van der Waals surface area contributed by atoms with E-state index < -0.39 is 0 Å². The molecular weight excluding hydrogens is 164 g/mol. The molecule has 1 fully saturated rings. The molecule has 0 aliphatic heterocycles. The average Bonchev–Trinajstić information content (AvgIpc) is 2.50. The summed E-state index contributed by atoms with van der Waals surface area (Å²) in [4.78, 5) is 0. The molecule has 0 unspecified atom stereocenters. The number of aromatic nitrogens is 2. The molecule has 0 amide bonds. The van der Waals surface area contributed by atoms with Gasteiger partial charge in [0.25, 0.3) is 0 Å². The van der Waals surface area contributed by atoms with Crippen molar-refractivity contribution in [2.45, 2.75) is 46.0 Å². The summed E-state index contributed by atoms with van der Waals surface area (Å²) in [5.41, 5.74) is 0.376. The first-order valence-electron chi connectivity index (χ1n) is 4.84. The van der Waals surface area contributed by atoms with E-state index in [1.54, 1.807) is 0 Å². The van der Waals surface area contributed by atoms with Crippen LogP contribution in [0.5, 0.6) is 0 Å². The van der Waals surface area contributed by atoms with Crippen molar-refractivity contribution in [3.63, 3.8) is 0 Å². The fraction of sp³-hybridized carbons (Fsp3) is 0.800. The van der Waals surface area contributed by atoms with E-state index in [0.29, 0.717) is 17.3 Å². The average molecular weight is 180 g/mol. The molecule has 1 aliphatic carbocycles. The maximum atomic E-state index is 5.58. The summed E-state index contributed by atoms with van der Waals surface area (Å²) in [6, 6.07) is 0. The van der Waals surface area contributed by atoms with Gasteiger partial charge in [-0.2, -0.15) is 0 Å². The zero-order valence-electron chi connectivity index (χ0n) is 8.66. The molecule has 0 bridgehead atoms. The molecule has 1 aromatic heterocycles. The Balaban J connectivity index is 2.16. The molecule has 1 aromatic rings. The molecule has 1 heterocycles. The van der Waals surface area contributed by atoms with Gasteiger partial charge in [-0.05, 0) is 11.8 Å². The molecule has 1 saturated carbocycles. The van der Waals surface area contributed by atoms with E-state index in [1.807, 2.05) is 0 Å². The van der Waals surface area contributed by atoms with Crippen LogP contribution in [0.1, 0.15) is 57.7 Å². The summed E-state index contributed by atoms with van der Waals surface area (Å²) in [6.07, 6.45) is 1.17. The second kappa shape index (κ2) is 2.56. The maximum Gasteiger partial charge on any atom is 0.220 e. The first-order valence-corrected chi connectivity index (χ1v) is 4.84. The minimum Gasteiger partial charge on any atom is -0.425 e. The molecule has 13 heavy (non-hydrogen) atoms. The van der Waals surface area contributed by atoms with Crippen molar-refractivity contribution in [3.05, 3.63) is 11.8 Å². The van der Waals surface area contributed by atoms with Gasteiger partial charge in [-0.25, -0.2) is 0 Å². The summed E-state index contributed by atoms with van der Waals surface area (Å²) in [7, 11) is 0. The Morgan fingerprint density at radius 2 is 2.00 bits per heavy atom. The standard InChI is InChI=1S/C10H16N2O/c1-6(2)8-11-12-9(13-8)7-5-10(7,3)4/h6-7H,5H2,1-4H3/t7-/m1/s1. The number of hydrogen-bond donors (Lipinski definition) is 0. The Labute approximate surface area is 78.5 Å². The molecule has 2 rings (SSSR count). The fourth-order valence-electron chi connectivity index (χ4n) is 1.51. The molecule has 1 atom stereocenters. The molecule has 3 nitrogen and oxygen atoms in total. The van der Waals surface area contributed by atoms with Gasteiger partial charge in [0.15, 0.2) is 0 Å². The zero-order valence-corrected chi connectivity index (χ0v) is 8.66. The molecule has 0 aromatic carbocycles. The summed E-state index contributed by atoms with van der Waals surface area (Å²) in [5, 5.41) is 8.10. The van der Waals surface area contributed by atoms with Crippen molar-refractivity contribution in [1.29, 1.82) is 0 Å². The van der Waals surface area contributed by atoms with Crippen LogP contribution in [0.15, 0.2) is 4.42 Å². The van der Waals surface area contributed by atoms with Crippen molar-refractivity contribution in [1.82, 2.24) is 10.2 Å². The summed E-state index contributed by atoms with van der Waals surface area (Å²) in [6.45, 7) is 8.60. The third kappa shape index (κ3) is 1.47. The fourth-order valence-corrected chi connectivity index (χ4v) is 1.51. The van der Waals surface area contributed by atoms with Crippen LogP contribution in [0.2, 0.25) is 0 Å². The highest BCUT2D eigenvalue weighted by Crippen LogP contribution is 2.58. The number of rotatable bonds is 2. The van der Waals surface area contributed by atoms with Crippen molar-refractivity contribution in [2.75, 3.05) is 0 Å². The third-order valence-electron chi connectivity index (χ3n) is 2.76. The normalized spacial score (nSPS) is 25.2. The first-order chi connectivity index (χ1) is 6.00. The van der Waals surface area contributed by atoms with Crippen LogP contribution in [-0.2, 0) is 0 Å². The highest BCUT2D eigenvalue weighted by molar-refractivity contribution is 5.12. The van der Waals surface area contributed by atoms with E-state index in [1.165, 1.54) is 6.42 Å². The van der Waals surface area contributed by atoms with Gasteiger partial charge in [-0.1, -0.05) is 27.7 Å². The van der Waals surface area contributed by atoms with Crippen molar-refractivity contribution in [3.8, 4) is 0 Å². The second-order valence-corrected chi connectivity index (χ2v) is 4.88. The molecular formula is C10H16N2O. The highest BCUT2D eigenvalue weighted by atomic mass is 16.4. The van der Waals surface area contributed by atoms with E-state index >= 15 is 0 Å². The van der Waals surface area contributed by atoms with Gasteiger partial charge in [-0.3, -0.25) is 0 Å². The van der Waals surface area contributed by atoms with Crippen LogP contribution in [-0.4, -0.2) is 10.2 Å². The smallest absolute Gasteiger partial charge is 0.220 e. The predicted molar refractivity (Wildman–Crippen MR) is 49.5 cm³/mol. The van der Waals surface area contributed by atoms with Gasteiger partial charge >= 0.3 is 0 Å². The van der Waals surface area contributed by atoms with Crippen molar-refractivity contribution >= 4 is 0 Å². The SMILES string of the molecule is CC(C)c1nnc([C@H]2CC2(C)C)o1. The second-order valence-electron chi connectivity index (χ2n) is 4.88. The Morgan fingerprint density at radius 3 is 2.38 bits per heavy atom. The van der Waals surface area contributed by atoms with Crippen LogP contribution < -0.4 is 0 Å². The predicted octanol–water partition coefficient (Wildman–Crippen LogP) is 2.71. The van der Waals surface area contributed by atoms with Gasteiger partial charge < -0.3 is 4.42 Å². The first kappa shape index (κ1) is 8.73. The van der Waals surface area contributed by atoms with Gasteiger partial charge in [0.2, 0.25) is 11.8 Å². The van der Waals surface area contributed by atoms with Crippen molar-refractivity contribution < 1.29 is 4.42 Å². The van der Waals surface area contributed by atoms with E-state index in [9.17, 15) is 0 Å². The maximum absolute atomic E-state index is 5.58. The molecule has 72 valence electrons. The molecule has 0 radical (unpaired) electrons. The largest absolute Gasteiger partial charge is 0.425 e. The van der Waals surface area contributed by atoms with E-state index in [2.05, 4.69) is 37.9 Å². The van der Waals surface area contributed by atoms with Crippen LogP contribution in [0.4, 0.5) is 0 Å². The Kier molecular flexibility index (Phi) is 1.72. The summed E-state index contributed by atoms with van der Waals surface area (Å²) >= 11 is 0. The van der Waals surface area contributed by atoms with E-state index in [0.717, 1.165) is 11.8 Å². The number of hydrogen-bond acceptors (Lipinski definition) is 3. The lowest BCUT2D eigenvalue weighted by Gasteiger charge is -1.97. The molecule has 0 N–H and O–H groups in total. The molecule has 1 aliphatic rings. The number of nitrogens with zero attached hydrogens (tertiary/aromatic N) is 2. The van der Waals surface area contributed by atoms with E-state index in [-0.39, 0.29) is 0 Å². The quantitative estimate of drug-likeness (QED) is 0.702. The highest BCUT2D eigenvalue weighted by Gasteiger charge is 2.50. The monoisotopic (exact) mass is 180 g/mol. The lowest BCUT2D eigenvalue weighted by molar-refractivity contribution is 0.418. The molecule has 3 heteroatoms. The topological polar surface area (TPSA) is 38.9 Å². The third-order valence-corrected chi connectivity index (χ3v) is 2.76. The van der Waals surface area contributed by atoms with Gasteiger partial charge in [0.1, 0.15) is 0 Å². The van der Waals surface area contributed by atoms with E-state index in [4.69, 9.17) is 4.42 Å². The summed E-state index contributed by atoms with van der Waals surface area (Å²) in [5.74, 6) is 2.42. The van der Waals surface area contributed by atoms with Crippen LogP contribution >= 0.6 is 0 Å². The van der Waals surface area contributed by atoms with Crippen molar-refractivity contribution in [2.24, 2.45) is 5.41 Å². The van der Waals surface area contributed by atoms with Crippen LogP contribution in [0.3, 0.4) is 0 Å². The summed E-state index contributed by atoms with van der Waals surface area (Å²) < 4.78 is 5.58. The van der Waals surface area contributed by atoms with Gasteiger partial charge in [-0.15, -0.1) is 10.2 Å². The van der Waals surface area contributed by atoms with Crippen LogP contribution in [0.25, 0.3) is 0 Å². The molecule has 0 spiro atoms. The Hall–Kier alpha value is -0.860. The minimum atomic E-state index is 0.336. The van der Waals surface area contributed by atoms with Gasteiger partial charge in [0.05, 0.1) is 0 Å². The lowest BCUT2D eigenvalue weighted by Crippen LogP contribution is -1.89. The minimum absolute atomic E-state index is 0.336. The lowest BCUT2D eigenvalue weighted by atomic mass is 10.1.